The first-order valence-electron chi connectivity index (χ1n) is 10.3. The molecule has 30 heavy (non-hydrogen) atoms. The Labute approximate surface area is 176 Å². The lowest BCUT2D eigenvalue weighted by Crippen LogP contribution is -3.13. The average molecular weight is 407 g/mol. The molecule has 4 rings (SSSR count). The topological polar surface area (TPSA) is 72.9 Å². The van der Waals surface area contributed by atoms with Crippen molar-refractivity contribution in [2.45, 2.75) is 27.0 Å². The molecule has 0 radical (unpaired) electrons. The van der Waals surface area contributed by atoms with E-state index in [1.165, 1.54) is 10.5 Å². The van der Waals surface area contributed by atoms with Crippen molar-refractivity contribution in [2.24, 2.45) is 0 Å². The number of benzene rings is 1. The molecule has 1 aliphatic rings. The van der Waals surface area contributed by atoms with Crippen LogP contribution >= 0.6 is 0 Å². The third-order valence-electron chi connectivity index (χ3n) is 5.61. The Balaban J connectivity index is 1.33. The zero-order valence-electron chi connectivity index (χ0n) is 17.4. The standard InChI is InChI=1S/C23H26N4O3/c1-17-22(18(2)30-25-17)16-29-21-5-3-4-20(14-21)23(28)27-12-10-26(11-13-27)15-19-6-8-24-9-7-19/h3-9,14H,10-13,15-16H2,1-2H3/p+1. The fourth-order valence-electron chi connectivity index (χ4n) is 3.76. The van der Waals surface area contributed by atoms with Crippen molar-refractivity contribution in [1.82, 2.24) is 15.0 Å². The highest BCUT2D eigenvalue weighted by Crippen LogP contribution is 2.19. The van der Waals surface area contributed by atoms with E-state index < -0.39 is 0 Å². The molecular weight excluding hydrogens is 380 g/mol. The van der Waals surface area contributed by atoms with Gasteiger partial charge in [-0.15, -0.1) is 0 Å². The van der Waals surface area contributed by atoms with Crippen molar-refractivity contribution in [3.05, 3.63) is 76.9 Å². The number of pyridine rings is 1. The summed E-state index contributed by atoms with van der Waals surface area (Å²) in [5.41, 5.74) is 3.71. The van der Waals surface area contributed by atoms with Gasteiger partial charge in [-0.2, -0.15) is 0 Å². The van der Waals surface area contributed by atoms with Crippen molar-refractivity contribution < 1.29 is 19.0 Å². The number of hydrogen-bond donors (Lipinski definition) is 1. The summed E-state index contributed by atoms with van der Waals surface area (Å²) in [5.74, 6) is 1.48. The maximum absolute atomic E-state index is 13.0. The molecule has 0 bridgehead atoms. The van der Waals surface area contributed by atoms with E-state index in [4.69, 9.17) is 9.26 Å². The number of ether oxygens (including phenoxy) is 1. The summed E-state index contributed by atoms with van der Waals surface area (Å²) in [6, 6.07) is 11.5. The number of quaternary nitrogens is 1. The molecule has 0 unspecified atom stereocenters. The lowest BCUT2D eigenvalue weighted by Gasteiger charge is -2.32. The highest BCUT2D eigenvalue weighted by atomic mass is 16.5. The van der Waals surface area contributed by atoms with Crippen molar-refractivity contribution in [3.63, 3.8) is 0 Å². The number of rotatable bonds is 6. The molecule has 1 fully saturated rings. The van der Waals surface area contributed by atoms with Crippen LogP contribution < -0.4 is 9.64 Å². The van der Waals surface area contributed by atoms with Gasteiger partial charge in [0, 0.05) is 23.5 Å². The molecule has 7 nitrogen and oxygen atoms in total. The fraction of sp³-hybridized carbons (Fsp3) is 0.348. The van der Waals surface area contributed by atoms with Crippen molar-refractivity contribution in [1.29, 1.82) is 0 Å². The molecular formula is C23H27N4O3+. The number of hydrogen-bond acceptors (Lipinski definition) is 5. The second kappa shape index (κ2) is 9.09. The first-order valence-corrected chi connectivity index (χ1v) is 10.3. The van der Waals surface area contributed by atoms with Gasteiger partial charge in [-0.25, -0.2) is 0 Å². The molecule has 156 valence electrons. The molecule has 3 heterocycles. The van der Waals surface area contributed by atoms with E-state index in [-0.39, 0.29) is 5.91 Å². The molecule has 1 N–H and O–H groups in total. The quantitative estimate of drug-likeness (QED) is 0.675. The van der Waals surface area contributed by atoms with Crippen molar-refractivity contribution in [3.8, 4) is 5.75 Å². The third-order valence-corrected chi connectivity index (χ3v) is 5.61. The summed E-state index contributed by atoms with van der Waals surface area (Å²) in [6.45, 7) is 8.49. The monoisotopic (exact) mass is 407 g/mol. The summed E-state index contributed by atoms with van der Waals surface area (Å²) in [6.07, 6.45) is 3.66. The smallest absolute Gasteiger partial charge is 0.254 e. The third kappa shape index (κ3) is 4.68. The van der Waals surface area contributed by atoms with Crippen LogP contribution in [0.15, 0.2) is 53.3 Å². The zero-order chi connectivity index (χ0) is 20.9. The van der Waals surface area contributed by atoms with Crippen LogP contribution in [-0.2, 0) is 13.2 Å². The van der Waals surface area contributed by atoms with Gasteiger partial charge in [0.1, 0.15) is 24.7 Å². The predicted molar refractivity (Wildman–Crippen MR) is 111 cm³/mol. The molecule has 0 aliphatic carbocycles. The predicted octanol–water partition coefficient (Wildman–Crippen LogP) is 1.81. The molecule has 1 aromatic carbocycles. The van der Waals surface area contributed by atoms with Crippen LogP contribution in [0.25, 0.3) is 0 Å². The Kier molecular flexibility index (Phi) is 6.09. The van der Waals surface area contributed by atoms with Gasteiger partial charge in [-0.3, -0.25) is 9.78 Å². The molecule has 0 spiro atoms. The Bertz CT molecular complexity index is 975. The van der Waals surface area contributed by atoms with Gasteiger partial charge in [0.05, 0.1) is 37.4 Å². The van der Waals surface area contributed by atoms with Gasteiger partial charge in [0.15, 0.2) is 0 Å². The summed E-state index contributed by atoms with van der Waals surface area (Å²) in [7, 11) is 0. The zero-order valence-corrected chi connectivity index (χ0v) is 17.4. The average Bonchev–Trinajstić information content (AvgIpc) is 3.10. The first kappa shape index (κ1) is 20.1. The normalized spacial score (nSPS) is 14.7. The van der Waals surface area contributed by atoms with Crippen LogP contribution in [0, 0.1) is 13.8 Å². The number of nitrogens with zero attached hydrogens (tertiary/aromatic N) is 3. The number of carbonyl (C=O) groups is 1. The van der Waals surface area contributed by atoms with Gasteiger partial charge >= 0.3 is 0 Å². The van der Waals surface area contributed by atoms with Gasteiger partial charge in [-0.1, -0.05) is 11.2 Å². The molecule has 0 atom stereocenters. The second-order valence-electron chi connectivity index (χ2n) is 7.69. The number of piperazine rings is 1. The lowest BCUT2D eigenvalue weighted by atomic mass is 10.1. The molecule has 2 aromatic heterocycles. The van der Waals surface area contributed by atoms with E-state index >= 15 is 0 Å². The minimum absolute atomic E-state index is 0.0563. The largest absolute Gasteiger partial charge is 0.489 e. The molecule has 3 aromatic rings. The number of amides is 1. The highest BCUT2D eigenvalue weighted by Gasteiger charge is 2.25. The van der Waals surface area contributed by atoms with Crippen LogP contribution in [0.3, 0.4) is 0 Å². The lowest BCUT2D eigenvalue weighted by molar-refractivity contribution is -0.917. The van der Waals surface area contributed by atoms with Crippen LogP contribution in [0.5, 0.6) is 5.75 Å². The van der Waals surface area contributed by atoms with Crippen LogP contribution in [0.1, 0.15) is 32.9 Å². The minimum Gasteiger partial charge on any atom is -0.489 e. The van der Waals surface area contributed by atoms with Crippen molar-refractivity contribution in [2.75, 3.05) is 26.2 Å². The Morgan fingerprint density at radius 3 is 2.63 bits per heavy atom. The van der Waals surface area contributed by atoms with Crippen LogP contribution in [0.4, 0.5) is 0 Å². The van der Waals surface area contributed by atoms with E-state index in [2.05, 4.69) is 22.3 Å². The van der Waals surface area contributed by atoms with Gasteiger partial charge < -0.3 is 19.1 Å². The molecule has 1 amide bonds. The Hall–Kier alpha value is -3.19. The van der Waals surface area contributed by atoms with E-state index in [0.29, 0.717) is 17.9 Å². The van der Waals surface area contributed by atoms with E-state index in [1.54, 1.807) is 0 Å². The minimum atomic E-state index is 0.0563. The first-order chi connectivity index (χ1) is 14.6. The van der Waals surface area contributed by atoms with E-state index in [1.807, 2.05) is 55.4 Å². The molecule has 1 saturated heterocycles. The van der Waals surface area contributed by atoms with E-state index in [0.717, 1.165) is 49.7 Å². The fourth-order valence-corrected chi connectivity index (χ4v) is 3.76. The number of carbonyl (C=O) groups excluding carboxylic acids is 1. The summed E-state index contributed by atoms with van der Waals surface area (Å²) in [4.78, 5) is 20.5. The number of aromatic nitrogens is 2. The van der Waals surface area contributed by atoms with Gasteiger partial charge in [0.2, 0.25) is 0 Å². The van der Waals surface area contributed by atoms with Gasteiger partial charge in [0.25, 0.3) is 5.91 Å². The number of nitrogens with one attached hydrogen (secondary N) is 1. The number of aryl methyl sites for hydroxylation is 2. The van der Waals surface area contributed by atoms with Crippen molar-refractivity contribution >= 4 is 5.91 Å². The van der Waals surface area contributed by atoms with Gasteiger partial charge in [-0.05, 0) is 44.2 Å². The maximum atomic E-state index is 13.0. The highest BCUT2D eigenvalue weighted by molar-refractivity contribution is 5.94. The molecule has 7 heteroatoms. The Morgan fingerprint density at radius 2 is 1.93 bits per heavy atom. The van der Waals surface area contributed by atoms with E-state index in [9.17, 15) is 4.79 Å². The summed E-state index contributed by atoms with van der Waals surface area (Å²) < 4.78 is 11.1. The van der Waals surface area contributed by atoms with Crippen LogP contribution in [-0.4, -0.2) is 47.1 Å². The van der Waals surface area contributed by atoms with Crippen LogP contribution in [0.2, 0.25) is 0 Å². The molecule has 1 aliphatic heterocycles. The second-order valence-corrected chi connectivity index (χ2v) is 7.69. The molecule has 0 saturated carbocycles. The Morgan fingerprint density at radius 1 is 1.17 bits per heavy atom. The maximum Gasteiger partial charge on any atom is 0.254 e. The summed E-state index contributed by atoms with van der Waals surface area (Å²) in [5, 5.41) is 3.95. The SMILES string of the molecule is Cc1noc(C)c1COc1cccc(C(=O)N2CC[NH+](Cc3ccncc3)CC2)c1. The summed E-state index contributed by atoms with van der Waals surface area (Å²) >= 11 is 0.